The molecule has 0 saturated carbocycles. The number of pyridine rings is 1. The average Bonchev–Trinajstić information content (AvgIpc) is 2.46. The molecular formula is C17H24N2O. The van der Waals surface area contributed by atoms with Crippen LogP contribution in [0.3, 0.4) is 0 Å². The number of ether oxygens (including phenoxy) is 1. The first-order valence-electron chi connectivity index (χ1n) is 7.38. The maximum Gasteiger partial charge on any atom is 0.0705 e. The second-order valence-electron chi connectivity index (χ2n) is 5.46. The quantitative estimate of drug-likeness (QED) is 0.748. The first kappa shape index (κ1) is 14.9. The summed E-state index contributed by atoms with van der Waals surface area (Å²) < 4.78 is 5.60. The number of aromatic nitrogens is 1. The molecule has 0 aliphatic carbocycles. The molecule has 0 aliphatic heterocycles. The number of nitrogens with one attached hydrogen (secondary N) is 1. The van der Waals surface area contributed by atoms with Gasteiger partial charge in [-0.3, -0.25) is 4.98 Å². The molecule has 0 fully saturated rings. The normalized spacial score (nSPS) is 11.3. The van der Waals surface area contributed by atoms with E-state index in [1.54, 1.807) is 0 Å². The summed E-state index contributed by atoms with van der Waals surface area (Å²) in [6.45, 7) is 7.81. The Bertz CT molecular complexity index is 520. The number of para-hydroxylation sites is 1. The van der Waals surface area contributed by atoms with Gasteiger partial charge in [-0.25, -0.2) is 0 Å². The zero-order chi connectivity index (χ0) is 14.2. The van der Waals surface area contributed by atoms with Crippen LogP contribution in [0.4, 0.5) is 0 Å². The Morgan fingerprint density at radius 1 is 1.15 bits per heavy atom. The predicted octanol–water partition coefficient (Wildman–Crippen LogP) is 3.39. The standard InChI is InChI=1S/C17H24N2O/c1-14(2)8-11-20-12-10-18-13-15-7-9-19-17-6-4-3-5-16(15)17/h3-7,9,14,18H,8,10-13H2,1-2H3. The van der Waals surface area contributed by atoms with Crippen LogP contribution in [0.15, 0.2) is 36.5 Å². The van der Waals surface area contributed by atoms with Crippen LogP contribution in [0.5, 0.6) is 0 Å². The highest BCUT2D eigenvalue weighted by molar-refractivity contribution is 5.81. The summed E-state index contributed by atoms with van der Waals surface area (Å²) in [4.78, 5) is 4.37. The summed E-state index contributed by atoms with van der Waals surface area (Å²) in [5.41, 5.74) is 2.35. The number of hydrogen-bond donors (Lipinski definition) is 1. The lowest BCUT2D eigenvalue weighted by Crippen LogP contribution is -2.20. The molecule has 20 heavy (non-hydrogen) atoms. The highest BCUT2D eigenvalue weighted by Gasteiger charge is 2.00. The lowest BCUT2D eigenvalue weighted by atomic mass is 10.1. The fraction of sp³-hybridized carbons (Fsp3) is 0.471. The highest BCUT2D eigenvalue weighted by Crippen LogP contribution is 2.15. The molecule has 3 nitrogen and oxygen atoms in total. The molecule has 0 aliphatic rings. The number of rotatable bonds is 8. The van der Waals surface area contributed by atoms with Gasteiger partial charge in [-0.05, 0) is 30.0 Å². The molecule has 0 atom stereocenters. The molecule has 0 spiro atoms. The van der Waals surface area contributed by atoms with Crippen molar-refractivity contribution in [3.05, 3.63) is 42.1 Å². The van der Waals surface area contributed by atoms with Gasteiger partial charge in [-0.2, -0.15) is 0 Å². The molecule has 0 bridgehead atoms. The van der Waals surface area contributed by atoms with Gasteiger partial charge < -0.3 is 10.1 Å². The fourth-order valence-electron chi connectivity index (χ4n) is 2.10. The van der Waals surface area contributed by atoms with Gasteiger partial charge in [-0.15, -0.1) is 0 Å². The van der Waals surface area contributed by atoms with E-state index < -0.39 is 0 Å². The summed E-state index contributed by atoms with van der Waals surface area (Å²) in [6, 6.07) is 10.3. The molecular weight excluding hydrogens is 248 g/mol. The van der Waals surface area contributed by atoms with Crippen molar-refractivity contribution in [3.63, 3.8) is 0 Å². The van der Waals surface area contributed by atoms with Crippen molar-refractivity contribution in [3.8, 4) is 0 Å². The molecule has 1 N–H and O–H groups in total. The van der Waals surface area contributed by atoms with E-state index in [4.69, 9.17) is 4.74 Å². The molecule has 2 aromatic rings. The van der Waals surface area contributed by atoms with E-state index >= 15 is 0 Å². The van der Waals surface area contributed by atoms with Gasteiger partial charge in [0.25, 0.3) is 0 Å². The van der Waals surface area contributed by atoms with E-state index in [0.717, 1.165) is 38.2 Å². The second kappa shape index (κ2) is 7.98. The zero-order valence-corrected chi connectivity index (χ0v) is 12.4. The van der Waals surface area contributed by atoms with Gasteiger partial charge in [-0.1, -0.05) is 32.0 Å². The van der Waals surface area contributed by atoms with Crippen molar-refractivity contribution in [1.29, 1.82) is 0 Å². The summed E-state index contributed by atoms with van der Waals surface area (Å²) in [5.74, 6) is 0.714. The lowest BCUT2D eigenvalue weighted by Gasteiger charge is -2.09. The Morgan fingerprint density at radius 2 is 2.00 bits per heavy atom. The molecule has 0 radical (unpaired) electrons. The monoisotopic (exact) mass is 272 g/mol. The fourth-order valence-corrected chi connectivity index (χ4v) is 2.10. The van der Waals surface area contributed by atoms with E-state index in [2.05, 4.69) is 42.3 Å². The molecule has 1 aromatic heterocycles. The van der Waals surface area contributed by atoms with Crippen LogP contribution < -0.4 is 5.32 Å². The molecule has 3 heteroatoms. The van der Waals surface area contributed by atoms with E-state index in [1.807, 2.05) is 18.3 Å². The Hall–Kier alpha value is -1.45. The van der Waals surface area contributed by atoms with Crippen molar-refractivity contribution in [2.45, 2.75) is 26.8 Å². The SMILES string of the molecule is CC(C)CCOCCNCc1ccnc2ccccc12. The van der Waals surface area contributed by atoms with Crippen LogP contribution in [0.25, 0.3) is 10.9 Å². The Morgan fingerprint density at radius 3 is 2.85 bits per heavy atom. The lowest BCUT2D eigenvalue weighted by molar-refractivity contribution is 0.125. The third kappa shape index (κ3) is 4.58. The van der Waals surface area contributed by atoms with Crippen molar-refractivity contribution >= 4 is 10.9 Å². The van der Waals surface area contributed by atoms with Crippen molar-refractivity contribution < 1.29 is 4.74 Å². The maximum atomic E-state index is 5.60. The van der Waals surface area contributed by atoms with E-state index in [1.165, 1.54) is 10.9 Å². The third-order valence-electron chi connectivity index (χ3n) is 3.32. The van der Waals surface area contributed by atoms with Gasteiger partial charge in [0.2, 0.25) is 0 Å². The topological polar surface area (TPSA) is 34.1 Å². The van der Waals surface area contributed by atoms with Gasteiger partial charge >= 0.3 is 0 Å². The molecule has 2 rings (SSSR count). The minimum atomic E-state index is 0.714. The Balaban J connectivity index is 1.73. The molecule has 0 unspecified atom stereocenters. The molecule has 1 heterocycles. The van der Waals surface area contributed by atoms with Gasteiger partial charge in [0.15, 0.2) is 0 Å². The minimum Gasteiger partial charge on any atom is -0.380 e. The summed E-state index contributed by atoms with van der Waals surface area (Å²) in [7, 11) is 0. The van der Waals surface area contributed by atoms with Crippen LogP contribution in [0, 0.1) is 5.92 Å². The van der Waals surface area contributed by atoms with Crippen LogP contribution >= 0.6 is 0 Å². The smallest absolute Gasteiger partial charge is 0.0705 e. The number of hydrogen-bond acceptors (Lipinski definition) is 3. The predicted molar refractivity (Wildman–Crippen MR) is 83.7 cm³/mol. The van der Waals surface area contributed by atoms with Crippen molar-refractivity contribution in [2.24, 2.45) is 5.92 Å². The van der Waals surface area contributed by atoms with Gasteiger partial charge in [0.1, 0.15) is 0 Å². The minimum absolute atomic E-state index is 0.714. The van der Waals surface area contributed by atoms with E-state index in [0.29, 0.717) is 5.92 Å². The Kier molecular flexibility index (Phi) is 5.96. The first-order valence-corrected chi connectivity index (χ1v) is 7.38. The Labute approximate surface area is 121 Å². The van der Waals surface area contributed by atoms with Crippen LogP contribution in [-0.4, -0.2) is 24.7 Å². The third-order valence-corrected chi connectivity index (χ3v) is 3.32. The largest absolute Gasteiger partial charge is 0.380 e. The van der Waals surface area contributed by atoms with Crippen LogP contribution in [0.1, 0.15) is 25.8 Å². The molecule has 0 saturated heterocycles. The molecule has 1 aromatic carbocycles. The molecule has 108 valence electrons. The van der Waals surface area contributed by atoms with E-state index in [9.17, 15) is 0 Å². The highest BCUT2D eigenvalue weighted by atomic mass is 16.5. The summed E-state index contributed by atoms with van der Waals surface area (Å²) >= 11 is 0. The van der Waals surface area contributed by atoms with E-state index in [-0.39, 0.29) is 0 Å². The van der Waals surface area contributed by atoms with Crippen molar-refractivity contribution in [1.82, 2.24) is 10.3 Å². The zero-order valence-electron chi connectivity index (χ0n) is 12.4. The summed E-state index contributed by atoms with van der Waals surface area (Å²) in [5, 5.41) is 4.65. The van der Waals surface area contributed by atoms with Crippen molar-refractivity contribution in [2.75, 3.05) is 19.8 Å². The van der Waals surface area contributed by atoms with Crippen LogP contribution in [0.2, 0.25) is 0 Å². The number of fused-ring (bicyclic) bond motifs is 1. The molecule has 0 amide bonds. The average molecular weight is 272 g/mol. The van der Waals surface area contributed by atoms with Gasteiger partial charge in [0, 0.05) is 31.3 Å². The second-order valence-corrected chi connectivity index (χ2v) is 5.46. The summed E-state index contributed by atoms with van der Waals surface area (Å²) in [6.07, 6.45) is 3.01. The number of benzene rings is 1. The van der Waals surface area contributed by atoms with Gasteiger partial charge in [0.05, 0.1) is 12.1 Å². The maximum absolute atomic E-state index is 5.60. The number of nitrogens with zero attached hydrogens (tertiary/aromatic N) is 1. The van der Waals surface area contributed by atoms with Crippen LogP contribution in [-0.2, 0) is 11.3 Å². The first-order chi connectivity index (χ1) is 9.77.